The number of aryl methyl sites for hydroxylation is 2. The van der Waals surface area contributed by atoms with Gasteiger partial charge < -0.3 is 4.74 Å². The minimum absolute atomic E-state index is 0.113. The summed E-state index contributed by atoms with van der Waals surface area (Å²) >= 11 is 0. The number of aromatic nitrogens is 1. The number of hydrogen-bond acceptors (Lipinski definition) is 4. The molecule has 4 heteroatoms. The van der Waals surface area contributed by atoms with Crippen LogP contribution < -0.4 is 16.0 Å². The lowest BCUT2D eigenvalue weighted by Gasteiger charge is -2.21. The second-order valence-corrected chi connectivity index (χ2v) is 4.58. The van der Waals surface area contributed by atoms with Crippen molar-refractivity contribution in [3.63, 3.8) is 0 Å². The van der Waals surface area contributed by atoms with Crippen molar-refractivity contribution in [1.29, 1.82) is 0 Å². The lowest BCUT2D eigenvalue weighted by molar-refractivity contribution is 0.404. The molecule has 0 fully saturated rings. The van der Waals surface area contributed by atoms with Gasteiger partial charge >= 0.3 is 0 Å². The largest absolute Gasteiger partial charge is 0.496 e. The average Bonchev–Trinajstić information content (AvgIpc) is 2.42. The molecule has 0 bridgehead atoms. The van der Waals surface area contributed by atoms with Crippen LogP contribution in [0.15, 0.2) is 36.7 Å². The summed E-state index contributed by atoms with van der Waals surface area (Å²) in [5, 5.41) is 0. The lowest BCUT2D eigenvalue weighted by Crippen LogP contribution is -2.29. The first-order valence-electron chi connectivity index (χ1n) is 6.18. The summed E-state index contributed by atoms with van der Waals surface area (Å²) in [6.07, 6.45) is 3.61. The van der Waals surface area contributed by atoms with Crippen LogP contribution in [0.5, 0.6) is 5.75 Å². The number of hydrogen-bond donors (Lipinski definition) is 2. The Morgan fingerprint density at radius 1 is 1.21 bits per heavy atom. The normalized spacial score (nSPS) is 12.2. The van der Waals surface area contributed by atoms with Gasteiger partial charge in [0.15, 0.2) is 0 Å². The van der Waals surface area contributed by atoms with Crippen molar-refractivity contribution in [2.24, 2.45) is 5.84 Å². The van der Waals surface area contributed by atoms with E-state index in [2.05, 4.69) is 23.4 Å². The number of methoxy groups -OCH3 is 1. The van der Waals surface area contributed by atoms with Gasteiger partial charge in [0, 0.05) is 18.0 Å². The van der Waals surface area contributed by atoms with E-state index in [1.54, 1.807) is 13.3 Å². The minimum atomic E-state index is -0.113. The molecule has 0 amide bonds. The Morgan fingerprint density at radius 3 is 2.63 bits per heavy atom. The Labute approximate surface area is 113 Å². The van der Waals surface area contributed by atoms with Crippen molar-refractivity contribution in [2.45, 2.75) is 19.9 Å². The predicted octanol–water partition coefficient (Wildman–Crippen LogP) is 2.26. The second kappa shape index (κ2) is 5.82. The van der Waals surface area contributed by atoms with Gasteiger partial charge in [-0.2, -0.15) is 0 Å². The molecule has 0 radical (unpaired) electrons. The number of nitrogens with two attached hydrogens (primary N) is 1. The molecule has 4 nitrogen and oxygen atoms in total. The van der Waals surface area contributed by atoms with E-state index in [4.69, 9.17) is 10.6 Å². The first kappa shape index (κ1) is 13.5. The summed E-state index contributed by atoms with van der Waals surface area (Å²) in [5.74, 6) is 6.58. The zero-order valence-electron chi connectivity index (χ0n) is 11.5. The number of pyridine rings is 1. The van der Waals surface area contributed by atoms with Crippen LogP contribution in [0.1, 0.15) is 28.3 Å². The SMILES string of the molecule is COc1ccc(C)cc1C(NN)c1ccncc1C. The van der Waals surface area contributed by atoms with Gasteiger partial charge in [-0.3, -0.25) is 10.8 Å². The van der Waals surface area contributed by atoms with Crippen LogP contribution in [0.3, 0.4) is 0 Å². The maximum absolute atomic E-state index is 5.75. The molecule has 3 N–H and O–H groups in total. The van der Waals surface area contributed by atoms with Crippen molar-refractivity contribution in [3.8, 4) is 5.75 Å². The highest BCUT2D eigenvalue weighted by atomic mass is 16.5. The Morgan fingerprint density at radius 2 is 2.00 bits per heavy atom. The van der Waals surface area contributed by atoms with Gasteiger partial charge in [0.2, 0.25) is 0 Å². The van der Waals surface area contributed by atoms with Crippen LogP contribution in [0, 0.1) is 13.8 Å². The third-order valence-corrected chi connectivity index (χ3v) is 3.24. The van der Waals surface area contributed by atoms with E-state index < -0.39 is 0 Å². The Balaban J connectivity index is 2.54. The summed E-state index contributed by atoms with van der Waals surface area (Å²) < 4.78 is 5.43. The molecule has 0 saturated carbocycles. The van der Waals surface area contributed by atoms with Crippen LogP contribution in [-0.4, -0.2) is 12.1 Å². The quantitative estimate of drug-likeness (QED) is 0.651. The topological polar surface area (TPSA) is 60.2 Å². The smallest absolute Gasteiger partial charge is 0.124 e. The van der Waals surface area contributed by atoms with Crippen molar-refractivity contribution in [3.05, 3.63) is 58.9 Å². The molecular formula is C15H19N3O. The van der Waals surface area contributed by atoms with Gasteiger partial charge in [-0.25, -0.2) is 5.43 Å². The maximum atomic E-state index is 5.75. The molecule has 2 rings (SSSR count). The third-order valence-electron chi connectivity index (χ3n) is 3.24. The van der Waals surface area contributed by atoms with E-state index in [9.17, 15) is 0 Å². The molecular weight excluding hydrogens is 238 g/mol. The Hall–Kier alpha value is -1.91. The van der Waals surface area contributed by atoms with E-state index in [0.29, 0.717) is 0 Å². The van der Waals surface area contributed by atoms with Crippen molar-refractivity contribution in [1.82, 2.24) is 10.4 Å². The minimum Gasteiger partial charge on any atom is -0.496 e. The first-order chi connectivity index (χ1) is 9.17. The number of rotatable bonds is 4. The summed E-state index contributed by atoms with van der Waals surface area (Å²) in [4.78, 5) is 4.12. The van der Waals surface area contributed by atoms with Crippen molar-refractivity contribution < 1.29 is 4.74 Å². The monoisotopic (exact) mass is 257 g/mol. The van der Waals surface area contributed by atoms with Crippen molar-refractivity contribution in [2.75, 3.05) is 7.11 Å². The number of ether oxygens (including phenoxy) is 1. The number of nitrogens with zero attached hydrogens (tertiary/aromatic N) is 1. The third kappa shape index (κ3) is 2.75. The Kier molecular flexibility index (Phi) is 4.14. The molecule has 1 heterocycles. The van der Waals surface area contributed by atoms with E-state index >= 15 is 0 Å². The number of benzene rings is 1. The van der Waals surface area contributed by atoms with E-state index in [0.717, 1.165) is 22.4 Å². The molecule has 1 aromatic carbocycles. The fraction of sp³-hybridized carbons (Fsp3) is 0.267. The molecule has 0 aliphatic heterocycles. The molecule has 100 valence electrons. The molecule has 1 atom stereocenters. The van der Waals surface area contributed by atoms with E-state index in [-0.39, 0.29) is 6.04 Å². The summed E-state index contributed by atoms with van der Waals surface area (Å²) in [5.41, 5.74) is 7.26. The van der Waals surface area contributed by atoms with Gasteiger partial charge in [0.05, 0.1) is 13.2 Å². The van der Waals surface area contributed by atoms with Crippen LogP contribution in [-0.2, 0) is 0 Å². The molecule has 0 saturated heterocycles. The van der Waals surface area contributed by atoms with Gasteiger partial charge in [-0.05, 0) is 37.1 Å². The summed E-state index contributed by atoms with van der Waals surface area (Å²) in [6.45, 7) is 4.07. The zero-order chi connectivity index (χ0) is 13.8. The molecule has 2 aromatic rings. The highest BCUT2D eigenvalue weighted by Crippen LogP contribution is 2.31. The van der Waals surface area contributed by atoms with Gasteiger partial charge in [-0.1, -0.05) is 17.7 Å². The lowest BCUT2D eigenvalue weighted by atomic mass is 9.95. The number of nitrogens with one attached hydrogen (secondary N) is 1. The summed E-state index contributed by atoms with van der Waals surface area (Å²) in [6, 6.07) is 7.93. The Bertz CT molecular complexity index is 569. The van der Waals surface area contributed by atoms with E-state index in [1.807, 2.05) is 31.3 Å². The van der Waals surface area contributed by atoms with Crippen LogP contribution in [0.4, 0.5) is 0 Å². The fourth-order valence-corrected chi connectivity index (χ4v) is 2.23. The predicted molar refractivity (Wildman–Crippen MR) is 75.9 cm³/mol. The molecule has 0 aliphatic carbocycles. The van der Waals surface area contributed by atoms with Crippen LogP contribution in [0.25, 0.3) is 0 Å². The summed E-state index contributed by atoms with van der Waals surface area (Å²) in [7, 11) is 1.67. The molecule has 1 aromatic heterocycles. The van der Waals surface area contributed by atoms with Gasteiger partial charge in [-0.15, -0.1) is 0 Å². The maximum Gasteiger partial charge on any atom is 0.124 e. The van der Waals surface area contributed by atoms with Gasteiger partial charge in [0.25, 0.3) is 0 Å². The van der Waals surface area contributed by atoms with E-state index in [1.165, 1.54) is 5.56 Å². The van der Waals surface area contributed by atoms with Crippen LogP contribution >= 0.6 is 0 Å². The molecule has 0 aliphatic rings. The zero-order valence-corrected chi connectivity index (χ0v) is 11.5. The molecule has 0 spiro atoms. The first-order valence-corrected chi connectivity index (χ1v) is 6.18. The highest BCUT2D eigenvalue weighted by Gasteiger charge is 2.18. The number of hydrazine groups is 1. The van der Waals surface area contributed by atoms with Crippen molar-refractivity contribution >= 4 is 0 Å². The van der Waals surface area contributed by atoms with Gasteiger partial charge in [0.1, 0.15) is 5.75 Å². The van der Waals surface area contributed by atoms with Crippen LogP contribution in [0.2, 0.25) is 0 Å². The molecule has 1 unspecified atom stereocenters. The molecule has 19 heavy (non-hydrogen) atoms. The standard InChI is InChI=1S/C15H19N3O/c1-10-4-5-14(19-3)13(8-10)15(18-16)12-6-7-17-9-11(12)2/h4-9,15,18H,16H2,1-3H3. The second-order valence-electron chi connectivity index (χ2n) is 4.58. The fourth-order valence-electron chi connectivity index (χ4n) is 2.23. The highest BCUT2D eigenvalue weighted by molar-refractivity contribution is 5.45. The average molecular weight is 257 g/mol.